The lowest BCUT2D eigenvalue weighted by molar-refractivity contribution is -0.116. The Morgan fingerprint density at radius 1 is 0.967 bits per heavy atom. The van der Waals surface area contributed by atoms with Crippen LogP contribution in [0.25, 0.3) is 0 Å². The van der Waals surface area contributed by atoms with Crippen LogP contribution in [0.15, 0.2) is 78.9 Å². The van der Waals surface area contributed by atoms with Crippen LogP contribution in [0.1, 0.15) is 18.0 Å². The number of carbonyl (C=O) groups excluding carboxylic acids is 1. The molecule has 0 aromatic heterocycles. The highest BCUT2D eigenvalue weighted by Gasteiger charge is 2.20. The third-order valence-electron chi connectivity index (χ3n) is 4.15. The molecule has 0 spiro atoms. The lowest BCUT2D eigenvalue weighted by atomic mass is 10.0. The van der Waals surface area contributed by atoms with Gasteiger partial charge in [0, 0.05) is 11.4 Å². The maximum Gasteiger partial charge on any atom is 0.226 e. The molecule has 0 unspecified atom stereocenters. The van der Waals surface area contributed by atoms with Gasteiger partial charge in [-0.1, -0.05) is 54.1 Å². The summed E-state index contributed by atoms with van der Waals surface area (Å²) in [6.07, 6.45) is 0.950. The van der Waals surface area contributed by atoms with E-state index in [0.29, 0.717) is 27.8 Å². The number of nitrogens with one attached hydrogen (secondary N) is 2. The van der Waals surface area contributed by atoms with Gasteiger partial charge >= 0.3 is 0 Å². The molecule has 6 nitrogen and oxygen atoms in total. The quantitative estimate of drug-likeness (QED) is 0.525. The minimum atomic E-state index is -3.54. The molecule has 0 fully saturated rings. The maximum absolute atomic E-state index is 12.7. The van der Waals surface area contributed by atoms with Gasteiger partial charge in [0.25, 0.3) is 0 Å². The topological polar surface area (TPSA) is 84.5 Å². The van der Waals surface area contributed by atoms with Crippen LogP contribution in [0.5, 0.6) is 11.5 Å². The SMILES string of the molecule is CS(=O)(=O)N[C@H](CC(=O)Nc1ccccc1Oc1ccccc1)c1ccc(Cl)cc1. The van der Waals surface area contributed by atoms with Crippen molar-refractivity contribution in [2.45, 2.75) is 12.5 Å². The Morgan fingerprint density at radius 2 is 1.60 bits per heavy atom. The van der Waals surface area contributed by atoms with Crippen molar-refractivity contribution in [1.29, 1.82) is 0 Å². The molecule has 1 atom stereocenters. The fourth-order valence-electron chi connectivity index (χ4n) is 2.84. The largest absolute Gasteiger partial charge is 0.455 e. The van der Waals surface area contributed by atoms with E-state index in [1.54, 1.807) is 48.5 Å². The standard InChI is InChI=1S/C22H21ClN2O4S/c1-30(27,28)25-20(16-11-13-17(23)14-12-16)15-22(26)24-19-9-5-6-10-21(19)29-18-7-3-2-4-8-18/h2-14,20,25H,15H2,1H3,(H,24,26)/t20-/m1/s1. The number of rotatable bonds is 8. The molecular weight excluding hydrogens is 424 g/mol. The van der Waals surface area contributed by atoms with Crippen molar-refractivity contribution in [3.05, 3.63) is 89.4 Å². The van der Waals surface area contributed by atoms with Crippen molar-refractivity contribution < 1.29 is 17.9 Å². The summed E-state index contributed by atoms with van der Waals surface area (Å²) in [6, 6.07) is 22.2. The normalized spacial score (nSPS) is 12.2. The van der Waals surface area contributed by atoms with Crippen molar-refractivity contribution in [1.82, 2.24) is 4.72 Å². The predicted molar refractivity (Wildman–Crippen MR) is 118 cm³/mol. The summed E-state index contributed by atoms with van der Waals surface area (Å²) in [7, 11) is -3.54. The molecular formula is C22H21ClN2O4S. The molecule has 156 valence electrons. The van der Waals surface area contributed by atoms with Crippen LogP contribution in [-0.4, -0.2) is 20.6 Å². The van der Waals surface area contributed by atoms with E-state index >= 15 is 0 Å². The lowest BCUT2D eigenvalue weighted by Gasteiger charge is -2.18. The predicted octanol–water partition coefficient (Wildman–Crippen LogP) is 4.75. The summed E-state index contributed by atoms with van der Waals surface area (Å²) in [5.74, 6) is 0.753. The number of para-hydroxylation sites is 3. The van der Waals surface area contributed by atoms with Crippen molar-refractivity contribution in [2.75, 3.05) is 11.6 Å². The highest BCUT2D eigenvalue weighted by Crippen LogP contribution is 2.30. The maximum atomic E-state index is 12.7. The van der Waals surface area contributed by atoms with Crippen LogP contribution in [0.3, 0.4) is 0 Å². The van der Waals surface area contributed by atoms with Gasteiger partial charge in [-0.2, -0.15) is 0 Å². The molecule has 3 aromatic rings. The van der Waals surface area contributed by atoms with Crippen molar-refractivity contribution >= 4 is 33.2 Å². The highest BCUT2D eigenvalue weighted by molar-refractivity contribution is 7.88. The number of sulfonamides is 1. The number of hydrogen-bond donors (Lipinski definition) is 2. The second kappa shape index (κ2) is 9.75. The summed E-state index contributed by atoms with van der Waals surface area (Å²) >= 11 is 5.91. The first-order valence-electron chi connectivity index (χ1n) is 9.15. The van der Waals surface area contributed by atoms with Crippen LogP contribution >= 0.6 is 11.6 Å². The molecule has 0 heterocycles. The first-order chi connectivity index (χ1) is 14.3. The summed E-state index contributed by atoms with van der Waals surface area (Å²) in [6.45, 7) is 0. The van der Waals surface area contributed by atoms with E-state index < -0.39 is 16.1 Å². The first kappa shape index (κ1) is 21.8. The van der Waals surface area contributed by atoms with Gasteiger partial charge in [0.2, 0.25) is 15.9 Å². The third kappa shape index (κ3) is 6.59. The Labute approximate surface area is 180 Å². The number of anilines is 1. The molecule has 1 amide bonds. The van der Waals surface area contributed by atoms with Crippen molar-refractivity contribution in [3.63, 3.8) is 0 Å². The number of halogens is 1. The molecule has 0 aliphatic heterocycles. The minimum absolute atomic E-state index is 0.103. The van der Waals surface area contributed by atoms with Crippen LogP contribution < -0.4 is 14.8 Å². The minimum Gasteiger partial charge on any atom is -0.455 e. The monoisotopic (exact) mass is 444 g/mol. The number of amides is 1. The van der Waals surface area contributed by atoms with Crippen LogP contribution in [0, 0.1) is 0 Å². The molecule has 8 heteroatoms. The number of hydrogen-bond acceptors (Lipinski definition) is 4. The van der Waals surface area contributed by atoms with Crippen molar-refractivity contribution in [2.24, 2.45) is 0 Å². The van der Waals surface area contributed by atoms with Gasteiger partial charge < -0.3 is 10.1 Å². The molecule has 0 aliphatic rings. The van der Waals surface area contributed by atoms with Gasteiger partial charge in [0.15, 0.2) is 5.75 Å². The van der Waals surface area contributed by atoms with E-state index in [-0.39, 0.29) is 12.3 Å². The zero-order valence-electron chi connectivity index (χ0n) is 16.2. The lowest BCUT2D eigenvalue weighted by Crippen LogP contribution is -2.30. The average Bonchev–Trinajstić information content (AvgIpc) is 2.69. The number of ether oxygens (including phenoxy) is 1. The van der Waals surface area contributed by atoms with Crippen molar-refractivity contribution in [3.8, 4) is 11.5 Å². The molecule has 3 aromatic carbocycles. The molecule has 0 radical (unpaired) electrons. The van der Waals surface area contributed by atoms with E-state index in [0.717, 1.165) is 6.26 Å². The van der Waals surface area contributed by atoms with E-state index in [2.05, 4.69) is 10.0 Å². The third-order valence-corrected chi connectivity index (χ3v) is 5.12. The van der Waals surface area contributed by atoms with Gasteiger partial charge in [-0.15, -0.1) is 0 Å². The van der Waals surface area contributed by atoms with E-state index in [9.17, 15) is 13.2 Å². The molecule has 0 bridgehead atoms. The highest BCUT2D eigenvalue weighted by atomic mass is 35.5. The Balaban J connectivity index is 1.76. The fourth-order valence-corrected chi connectivity index (χ4v) is 3.70. The first-order valence-corrected chi connectivity index (χ1v) is 11.4. The molecule has 3 rings (SSSR count). The van der Waals surface area contributed by atoms with Gasteiger partial charge in [-0.3, -0.25) is 4.79 Å². The molecule has 0 saturated heterocycles. The van der Waals surface area contributed by atoms with Gasteiger partial charge in [0.05, 0.1) is 18.0 Å². The van der Waals surface area contributed by atoms with Gasteiger partial charge in [0.1, 0.15) is 5.75 Å². The van der Waals surface area contributed by atoms with E-state index in [1.807, 2.05) is 30.3 Å². The van der Waals surface area contributed by atoms with Gasteiger partial charge in [-0.25, -0.2) is 13.1 Å². The molecule has 0 saturated carbocycles. The number of benzene rings is 3. The summed E-state index contributed by atoms with van der Waals surface area (Å²) in [5, 5.41) is 3.32. The fraction of sp³-hybridized carbons (Fsp3) is 0.136. The van der Waals surface area contributed by atoms with E-state index in [4.69, 9.17) is 16.3 Å². The van der Waals surface area contributed by atoms with E-state index in [1.165, 1.54) is 0 Å². The molecule has 0 aliphatic carbocycles. The second-order valence-electron chi connectivity index (χ2n) is 6.66. The molecule has 2 N–H and O–H groups in total. The summed E-state index contributed by atoms with van der Waals surface area (Å²) in [5.41, 5.74) is 1.12. The average molecular weight is 445 g/mol. The Bertz CT molecular complexity index is 1100. The second-order valence-corrected chi connectivity index (χ2v) is 8.87. The number of carbonyl (C=O) groups is 1. The van der Waals surface area contributed by atoms with Crippen LogP contribution in [0.2, 0.25) is 5.02 Å². The van der Waals surface area contributed by atoms with Crippen LogP contribution in [0.4, 0.5) is 5.69 Å². The van der Waals surface area contributed by atoms with Crippen LogP contribution in [-0.2, 0) is 14.8 Å². The summed E-state index contributed by atoms with van der Waals surface area (Å²) < 4.78 is 31.9. The summed E-state index contributed by atoms with van der Waals surface area (Å²) in [4.78, 5) is 12.7. The Kier molecular flexibility index (Phi) is 7.10. The zero-order valence-corrected chi connectivity index (χ0v) is 17.8. The molecule has 30 heavy (non-hydrogen) atoms. The smallest absolute Gasteiger partial charge is 0.226 e. The Hall–Kier alpha value is -2.87. The zero-order chi connectivity index (χ0) is 21.6. The Morgan fingerprint density at radius 3 is 2.27 bits per heavy atom. The van der Waals surface area contributed by atoms with Gasteiger partial charge in [-0.05, 0) is 42.0 Å².